The Morgan fingerprint density at radius 1 is 1.35 bits per heavy atom. The van der Waals surface area contributed by atoms with Gasteiger partial charge in [-0.15, -0.1) is 0 Å². The Morgan fingerprint density at radius 2 is 2.06 bits per heavy atom. The van der Waals surface area contributed by atoms with Crippen molar-refractivity contribution in [2.24, 2.45) is 5.92 Å². The number of halogens is 2. The van der Waals surface area contributed by atoms with Gasteiger partial charge >= 0.3 is 0 Å². The molecule has 0 spiro atoms. The zero-order chi connectivity index (χ0) is 12.6. The second-order valence-corrected chi connectivity index (χ2v) is 5.73. The fourth-order valence-electron chi connectivity index (χ4n) is 1.88. The van der Waals surface area contributed by atoms with E-state index in [9.17, 15) is 9.18 Å². The summed E-state index contributed by atoms with van der Waals surface area (Å²) < 4.78 is 14.0. The highest BCUT2D eigenvalue weighted by Gasteiger charge is 2.08. The molecule has 1 heterocycles. The zero-order valence-electron chi connectivity index (χ0n) is 9.68. The number of rotatable bonds is 2. The highest BCUT2D eigenvalue weighted by molar-refractivity contribution is 14.1. The number of benzene rings is 1. The average Bonchev–Trinajstić information content (AvgIpc) is 2.19. The van der Waals surface area contributed by atoms with Crippen molar-refractivity contribution in [2.75, 3.05) is 0 Å². The first-order valence-electron chi connectivity index (χ1n) is 5.48. The molecule has 2 rings (SSSR count). The Bertz CT molecular complexity index is 619. The SMILES string of the molecule is CC(C)Cc1cc(=O)c2cc(F)cc(I)c2[nH]1. The summed E-state index contributed by atoms with van der Waals surface area (Å²) in [4.78, 5) is 15.1. The van der Waals surface area contributed by atoms with E-state index < -0.39 is 0 Å². The maximum atomic E-state index is 13.2. The molecule has 4 heteroatoms. The Kier molecular flexibility index (Phi) is 3.51. The van der Waals surface area contributed by atoms with Crippen molar-refractivity contribution in [1.29, 1.82) is 0 Å². The number of fused-ring (bicyclic) bond motifs is 1. The van der Waals surface area contributed by atoms with Gasteiger partial charge in [0.25, 0.3) is 0 Å². The third kappa shape index (κ3) is 2.68. The topological polar surface area (TPSA) is 32.9 Å². The van der Waals surface area contributed by atoms with Crippen LogP contribution in [0.25, 0.3) is 10.9 Å². The maximum Gasteiger partial charge on any atom is 0.189 e. The van der Waals surface area contributed by atoms with Crippen molar-refractivity contribution in [1.82, 2.24) is 4.98 Å². The van der Waals surface area contributed by atoms with Crippen LogP contribution in [0.5, 0.6) is 0 Å². The van der Waals surface area contributed by atoms with Crippen LogP contribution in [0.1, 0.15) is 19.5 Å². The predicted molar refractivity (Wildman–Crippen MR) is 75.8 cm³/mol. The third-order valence-electron chi connectivity index (χ3n) is 2.54. The van der Waals surface area contributed by atoms with Crippen LogP contribution in [-0.4, -0.2) is 4.98 Å². The molecule has 0 saturated carbocycles. The minimum Gasteiger partial charge on any atom is -0.357 e. The third-order valence-corrected chi connectivity index (χ3v) is 3.39. The summed E-state index contributed by atoms with van der Waals surface area (Å²) in [5, 5.41) is 0.418. The number of aromatic amines is 1. The van der Waals surface area contributed by atoms with Crippen molar-refractivity contribution < 1.29 is 4.39 Å². The molecule has 2 aromatic rings. The van der Waals surface area contributed by atoms with Crippen LogP contribution < -0.4 is 5.43 Å². The van der Waals surface area contributed by atoms with E-state index in [0.717, 1.165) is 21.2 Å². The van der Waals surface area contributed by atoms with Gasteiger partial charge in [0.05, 0.1) is 5.52 Å². The van der Waals surface area contributed by atoms with Crippen molar-refractivity contribution in [3.63, 3.8) is 0 Å². The van der Waals surface area contributed by atoms with Gasteiger partial charge < -0.3 is 4.98 Å². The lowest BCUT2D eigenvalue weighted by atomic mass is 10.1. The molecule has 1 aromatic carbocycles. The Labute approximate surface area is 112 Å². The van der Waals surface area contributed by atoms with E-state index >= 15 is 0 Å². The number of pyridine rings is 1. The largest absolute Gasteiger partial charge is 0.357 e. The highest BCUT2D eigenvalue weighted by Crippen LogP contribution is 2.19. The van der Waals surface area contributed by atoms with Crippen molar-refractivity contribution in [2.45, 2.75) is 20.3 Å². The van der Waals surface area contributed by atoms with E-state index in [1.54, 1.807) is 6.07 Å². The van der Waals surface area contributed by atoms with Gasteiger partial charge in [-0.3, -0.25) is 4.79 Å². The lowest BCUT2D eigenvalue weighted by Crippen LogP contribution is -2.08. The molecule has 2 nitrogen and oxygen atoms in total. The Balaban J connectivity index is 2.69. The summed E-state index contributed by atoms with van der Waals surface area (Å²) in [6, 6.07) is 4.28. The smallest absolute Gasteiger partial charge is 0.189 e. The molecule has 90 valence electrons. The molecular formula is C13H13FINO. The maximum absolute atomic E-state index is 13.2. The minimum atomic E-state index is -0.371. The molecule has 0 fully saturated rings. The number of aromatic nitrogens is 1. The fraction of sp³-hybridized carbons (Fsp3) is 0.308. The summed E-state index contributed by atoms with van der Waals surface area (Å²) in [6.45, 7) is 4.19. The molecule has 0 aliphatic heterocycles. The molecule has 0 aliphatic rings. The number of nitrogens with one attached hydrogen (secondary N) is 1. The van der Waals surface area contributed by atoms with Crippen LogP contribution in [0.15, 0.2) is 23.0 Å². The molecule has 0 aliphatic carbocycles. The molecule has 0 radical (unpaired) electrons. The molecule has 0 unspecified atom stereocenters. The van der Waals surface area contributed by atoms with E-state index in [0.29, 0.717) is 11.3 Å². The van der Waals surface area contributed by atoms with E-state index in [4.69, 9.17) is 0 Å². The minimum absolute atomic E-state index is 0.119. The molecule has 0 saturated heterocycles. The fourth-order valence-corrected chi connectivity index (χ4v) is 2.60. The van der Waals surface area contributed by atoms with E-state index in [1.165, 1.54) is 12.1 Å². The molecule has 1 N–H and O–H groups in total. The van der Waals surface area contributed by atoms with Crippen LogP contribution in [-0.2, 0) is 6.42 Å². The van der Waals surface area contributed by atoms with E-state index in [-0.39, 0.29) is 11.2 Å². The molecular weight excluding hydrogens is 332 g/mol. The van der Waals surface area contributed by atoms with Gasteiger partial charge in [-0.1, -0.05) is 13.8 Å². The summed E-state index contributed by atoms with van der Waals surface area (Å²) in [5.74, 6) is 0.102. The Hall–Kier alpha value is -0.910. The summed E-state index contributed by atoms with van der Waals surface area (Å²) in [7, 11) is 0. The number of H-pyrrole nitrogens is 1. The van der Waals surface area contributed by atoms with Gasteiger partial charge in [-0.2, -0.15) is 0 Å². The standard InChI is InChI=1S/C13H13FINO/c1-7(2)3-9-6-12(17)10-4-8(14)5-11(15)13(10)16-9/h4-7H,3H2,1-2H3,(H,16,17). The van der Waals surface area contributed by atoms with Crippen LogP contribution in [0, 0.1) is 15.3 Å². The number of hydrogen-bond donors (Lipinski definition) is 1. The molecule has 0 bridgehead atoms. The molecule has 0 amide bonds. The van der Waals surface area contributed by atoms with Crippen molar-refractivity contribution in [3.8, 4) is 0 Å². The van der Waals surface area contributed by atoms with Gasteiger partial charge in [0.2, 0.25) is 0 Å². The summed E-state index contributed by atoms with van der Waals surface area (Å²) in [5.41, 5.74) is 1.52. The quantitative estimate of drug-likeness (QED) is 0.831. The van der Waals surface area contributed by atoms with Gasteiger partial charge in [0.15, 0.2) is 5.43 Å². The lowest BCUT2D eigenvalue weighted by Gasteiger charge is -2.08. The first-order chi connectivity index (χ1) is 7.97. The van der Waals surface area contributed by atoms with Gasteiger partial charge in [-0.25, -0.2) is 4.39 Å². The van der Waals surface area contributed by atoms with Crippen molar-refractivity contribution >= 4 is 33.5 Å². The van der Waals surface area contributed by atoms with Crippen molar-refractivity contribution in [3.05, 3.63) is 43.5 Å². The zero-order valence-corrected chi connectivity index (χ0v) is 11.8. The highest BCUT2D eigenvalue weighted by atomic mass is 127. The van der Waals surface area contributed by atoms with Gasteiger partial charge in [0, 0.05) is 20.7 Å². The Morgan fingerprint density at radius 3 is 2.71 bits per heavy atom. The van der Waals surface area contributed by atoms with E-state index in [2.05, 4.69) is 18.8 Å². The van der Waals surface area contributed by atoms with Crippen LogP contribution >= 0.6 is 22.6 Å². The van der Waals surface area contributed by atoms with Gasteiger partial charge in [-0.05, 0) is 47.1 Å². The van der Waals surface area contributed by atoms with Crippen LogP contribution in [0.3, 0.4) is 0 Å². The summed E-state index contributed by atoms with van der Waals surface area (Å²) >= 11 is 2.04. The van der Waals surface area contributed by atoms with Gasteiger partial charge in [0.1, 0.15) is 5.82 Å². The van der Waals surface area contributed by atoms with Crippen LogP contribution in [0.4, 0.5) is 4.39 Å². The first-order valence-corrected chi connectivity index (χ1v) is 6.56. The predicted octanol–water partition coefficient (Wildman–Crippen LogP) is 3.47. The van der Waals surface area contributed by atoms with Crippen LogP contribution in [0.2, 0.25) is 0 Å². The number of hydrogen-bond acceptors (Lipinski definition) is 1. The molecule has 0 atom stereocenters. The van der Waals surface area contributed by atoms with E-state index in [1.807, 2.05) is 22.6 Å². The first kappa shape index (κ1) is 12.5. The second kappa shape index (κ2) is 4.76. The molecule has 1 aromatic heterocycles. The average molecular weight is 345 g/mol. The summed E-state index contributed by atoms with van der Waals surface area (Å²) in [6.07, 6.45) is 0.818. The normalized spacial score (nSPS) is 11.4. The lowest BCUT2D eigenvalue weighted by molar-refractivity contribution is 0.627. The molecule has 17 heavy (non-hydrogen) atoms. The second-order valence-electron chi connectivity index (χ2n) is 4.57. The monoisotopic (exact) mass is 345 g/mol.